The third-order valence-corrected chi connectivity index (χ3v) is 1.89. The Morgan fingerprint density at radius 3 is 2.77 bits per heavy atom. The van der Waals surface area contributed by atoms with Crippen molar-refractivity contribution in [1.29, 1.82) is 0 Å². The Hall–Kier alpha value is -1.35. The van der Waals surface area contributed by atoms with Gasteiger partial charge < -0.3 is 0 Å². The Bertz CT molecular complexity index is 391. The zero-order valence-corrected chi connectivity index (χ0v) is 7.35. The van der Waals surface area contributed by atoms with Crippen LogP contribution in [0.3, 0.4) is 0 Å². The molecule has 1 aromatic carbocycles. The van der Waals surface area contributed by atoms with Gasteiger partial charge in [-0.05, 0) is 24.3 Å². The van der Waals surface area contributed by atoms with E-state index in [1.807, 2.05) is 0 Å². The van der Waals surface area contributed by atoms with Gasteiger partial charge in [0.25, 0.3) is 0 Å². The fourth-order valence-electron chi connectivity index (χ4n) is 1.13. The van der Waals surface area contributed by atoms with E-state index in [0.29, 0.717) is 10.6 Å². The van der Waals surface area contributed by atoms with Crippen LogP contribution in [0, 0.1) is 5.82 Å². The fraction of sp³-hybridized carbons (Fsp3) is 0. The average Bonchev–Trinajstić information content (AvgIpc) is 2.53. The molecule has 2 nitrogen and oxygen atoms in total. The number of benzene rings is 1. The Balaban J connectivity index is 2.53. The molecule has 1 heterocycles. The van der Waals surface area contributed by atoms with Crippen molar-refractivity contribution in [2.45, 2.75) is 0 Å². The standard InChI is InChI=1S/C9H6ClFN2/c10-7-3-6(4-8(11)5-7)9-1-2-12-13-9/h1-5H,(H,12,13). The van der Waals surface area contributed by atoms with Crippen molar-refractivity contribution in [3.63, 3.8) is 0 Å². The fourth-order valence-corrected chi connectivity index (χ4v) is 1.35. The van der Waals surface area contributed by atoms with Gasteiger partial charge in [0, 0.05) is 16.8 Å². The molecule has 0 aliphatic carbocycles. The summed E-state index contributed by atoms with van der Waals surface area (Å²) in [6.07, 6.45) is 1.61. The molecule has 4 heteroatoms. The molecule has 0 saturated heterocycles. The highest BCUT2D eigenvalue weighted by atomic mass is 35.5. The highest BCUT2D eigenvalue weighted by Crippen LogP contribution is 2.21. The Morgan fingerprint density at radius 2 is 2.15 bits per heavy atom. The van der Waals surface area contributed by atoms with Crippen LogP contribution in [0.2, 0.25) is 5.02 Å². The predicted octanol–water partition coefficient (Wildman–Crippen LogP) is 2.87. The Morgan fingerprint density at radius 1 is 1.31 bits per heavy atom. The van der Waals surface area contributed by atoms with E-state index in [1.165, 1.54) is 12.1 Å². The summed E-state index contributed by atoms with van der Waals surface area (Å²) in [6, 6.07) is 6.10. The van der Waals surface area contributed by atoms with Crippen LogP contribution in [0.15, 0.2) is 30.5 Å². The second-order valence-electron chi connectivity index (χ2n) is 2.63. The van der Waals surface area contributed by atoms with Crippen molar-refractivity contribution in [2.24, 2.45) is 0 Å². The number of nitrogens with one attached hydrogen (secondary N) is 1. The first-order valence-corrected chi connectivity index (χ1v) is 4.09. The van der Waals surface area contributed by atoms with Crippen LogP contribution in [-0.2, 0) is 0 Å². The molecule has 0 radical (unpaired) electrons. The third kappa shape index (κ3) is 1.70. The molecule has 13 heavy (non-hydrogen) atoms. The SMILES string of the molecule is Fc1cc(Cl)cc(-c2ccn[nH]2)c1. The lowest BCUT2D eigenvalue weighted by molar-refractivity contribution is 0.628. The molecular formula is C9H6ClFN2. The Labute approximate surface area is 79.4 Å². The summed E-state index contributed by atoms with van der Waals surface area (Å²) in [5.74, 6) is -0.350. The van der Waals surface area contributed by atoms with Gasteiger partial charge in [0.1, 0.15) is 5.82 Å². The monoisotopic (exact) mass is 196 g/mol. The highest BCUT2D eigenvalue weighted by Gasteiger charge is 2.02. The first-order chi connectivity index (χ1) is 6.25. The lowest BCUT2D eigenvalue weighted by atomic mass is 10.1. The van der Waals surface area contributed by atoms with E-state index in [9.17, 15) is 4.39 Å². The lowest BCUT2D eigenvalue weighted by Gasteiger charge is -1.98. The molecule has 1 N–H and O–H groups in total. The zero-order valence-electron chi connectivity index (χ0n) is 6.59. The molecule has 0 spiro atoms. The molecule has 0 bridgehead atoms. The van der Waals surface area contributed by atoms with E-state index in [-0.39, 0.29) is 5.82 Å². The zero-order chi connectivity index (χ0) is 9.26. The minimum Gasteiger partial charge on any atom is -0.278 e. The predicted molar refractivity (Wildman–Crippen MR) is 49.0 cm³/mol. The van der Waals surface area contributed by atoms with E-state index in [2.05, 4.69) is 10.2 Å². The number of halogens is 2. The van der Waals surface area contributed by atoms with Gasteiger partial charge in [-0.15, -0.1) is 0 Å². The summed E-state index contributed by atoms with van der Waals surface area (Å²) >= 11 is 5.69. The number of aromatic nitrogens is 2. The first-order valence-electron chi connectivity index (χ1n) is 3.71. The second kappa shape index (κ2) is 3.18. The van der Waals surface area contributed by atoms with Gasteiger partial charge in [-0.2, -0.15) is 5.10 Å². The molecule has 0 amide bonds. The smallest absolute Gasteiger partial charge is 0.125 e. The van der Waals surface area contributed by atoms with Gasteiger partial charge in [0.2, 0.25) is 0 Å². The molecule has 66 valence electrons. The van der Waals surface area contributed by atoms with E-state index < -0.39 is 0 Å². The molecule has 2 rings (SSSR count). The molecule has 1 aromatic heterocycles. The van der Waals surface area contributed by atoms with Crippen LogP contribution in [0.1, 0.15) is 0 Å². The van der Waals surface area contributed by atoms with Crippen LogP contribution < -0.4 is 0 Å². The maximum Gasteiger partial charge on any atom is 0.125 e. The molecule has 0 aliphatic rings. The molecule has 0 fully saturated rings. The summed E-state index contributed by atoms with van der Waals surface area (Å²) < 4.78 is 12.9. The lowest BCUT2D eigenvalue weighted by Crippen LogP contribution is -1.81. The van der Waals surface area contributed by atoms with Gasteiger partial charge in [-0.1, -0.05) is 11.6 Å². The number of aromatic amines is 1. The van der Waals surface area contributed by atoms with Gasteiger partial charge in [-0.3, -0.25) is 5.10 Å². The number of H-pyrrole nitrogens is 1. The molecule has 0 saturated carbocycles. The molecule has 0 atom stereocenters. The van der Waals surface area contributed by atoms with Crippen molar-refractivity contribution >= 4 is 11.6 Å². The summed E-state index contributed by atoms with van der Waals surface area (Å²) in [7, 11) is 0. The van der Waals surface area contributed by atoms with Crippen molar-refractivity contribution in [3.8, 4) is 11.3 Å². The van der Waals surface area contributed by atoms with Crippen LogP contribution >= 0.6 is 11.6 Å². The van der Waals surface area contributed by atoms with Crippen LogP contribution in [0.4, 0.5) is 4.39 Å². The largest absolute Gasteiger partial charge is 0.278 e. The average molecular weight is 197 g/mol. The highest BCUT2D eigenvalue weighted by molar-refractivity contribution is 6.30. The number of hydrogen-bond acceptors (Lipinski definition) is 1. The maximum atomic E-state index is 12.9. The van der Waals surface area contributed by atoms with Crippen molar-refractivity contribution in [3.05, 3.63) is 41.3 Å². The summed E-state index contributed by atoms with van der Waals surface area (Å²) in [4.78, 5) is 0. The number of hydrogen-bond donors (Lipinski definition) is 1. The van der Waals surface area contributed by atoms with Crippen molar-refractivity contribution in [2.75, 3.05) is 0 Å². The molecule has 2 aromatic rings. The molecular weight excluding hydrogens is 191 g/mol. The van der Waals surface area contributed by atoms with Gasteiger partial charge in [-0.25, -0.2) is 4.39 Å². The molecule has 0 aliphatic heterocycles. The quantitative estimate of drug-likeness (QED) is 0.747. The number of rotatable bonds is 1. The topological polar surface area (TPSA) is 28.7 Å². The van der Waals surface area contributed by atoms with Gasteiger partial charge in [0.15, 0.2) is 0 Å². The van der Waals surface area contributed by atoms with Crippen molar-refractivity contribution in [1.82, 2.24) is 10.2 Å². The van der Waals surface area contributed by atoms with Gasteiger partial charge in [0.05, 0.1) is 5.69 Å². The first kappa shape index (κ1) is 8.26. The number of nitrogens with zero attached hydrogens (tertiary/aromatic N) is 1. The van der Waals surface area contributed by atoms with Crippen LogP contribution in [0.25, 0.3) is 11.3 Å². The summed E-state index contributed by atoms with van der Waals surface area (Å²) in [6.45, 7) is 0. The van der Waals surface area contributed by atoms with Gasteiger partial charge >= 0.3 is 0 Å². The Kier molecular flexibility index (Phi) is 2.02. The second-order valence-corrected chi connectivity index (χ2v) is 3.06. The summed E-state index contributed by atoms with van der Waals surface area (Å²) in [5, 5.41) is 6.88. The third-order valence-electron chi connectivity index (χ3n) is 1.67. The molecule has 0 unspecified atom stereocenters. The van der Waals surface area contributed by atoms with Crippen LogP contribution in [-0.4, -0.2) is 10.2 Å². The minimum atomic E-state index is -0.350. The van der Waals surface area contributed by atoms with Crippen molar-refractivity contribution < 1.29 is 4.39 Å². The maximum absolute atomic E-state index is 12.9. The van der Waals surface area contributed by atoms with E-state index in [4.69, 9.17) is 11.6 Å². The van der Waals surface area contributed by atoms with E-state index in [1.54, 1.807) is 18.3 Å². The normalized spacial score (nSPS) is 10.3. The minimum absolute atomic E-state index is 0.350. The van der Waals surface area contributed by atoms with E-state index in [0.717, 1.165) is 5.69 Å². The summed E-state index contributed by atoms with van der Waals surface area (Å²) in [5.41, 5.74) is 1.45. The van der Waals surface area contributed by atoms with Crippen LogP contribution in [0.5, 0.6) is 0 Å². The van der Waals surface area contributed by atoms with E-state index >= 15 is 0 Å².